The Labute approximate surface area is 129 Å². The molecule has 2 amide bonds. The lowest BCUT2D eigenvalue weighted by Gasteiger charge is -2.25. The van der Waals surface area contributed by atoms with Gasteiger partial charge in [-0.1, -0.05) is 19.9 Å². The Bertz CT molecular complexity index is 503. The highest BCUT2D eigenvalue weighted by Gasteiger charge is 2.44. The Morgan fingerprint density at radius 2 is 2.29 bits per heavy atom. The molecule has 1 saturated heterocycles. The van der Waals surface area contributed by atoms with E-state index in [-0.39, 0.29) is 12.1 Å². The van der Waals surface area contributed by atoms with Crippen LogP contribution < -0.4 is 5.32 Å². The van der Waals surface area contributed by atoms with Crippen molar-refractivity contribution >= 4 is 23.3 Å². The molecule has 0 bridgehead atoms. The molecule has 1 aromatic heterocycles. The van der Waals surface area contributed by atoms with Crippen LogP contribution in [0.15, 0.2) is 17.5 Å². The van der Waals surface area contributed by atoms with Gasteiger partial charge in [-0.15, -0.1) is 11.3 Å². The number of carboxylic acid groups (broad SMARTS) is 1. The summed E-state index contributed by atoms with van der Waals surface area (Å²) in [5, 5.41) is 14.4. The molecule has 116 valence electrons. The molecule has 0 saturated carbocycles. The van der Waals surface area contributed by atoms with Crippen LogP contribution in [0.25, 0.3) is 0 Å². The molecule has 1 aliphatic heterocycles. The van der Waals surface area contributed by atoms with Crippen LogP contribution in [0, 0.1) is 5.41 Å². The summed E-state index contributed by atoms with van der Waals surface area (Å²) in [7, 11) is 0. The number of nitrogens with one attached hydrogen (secondary N) is 1. The van der Waals surface area contributed by atoms with E-state index in [0.29, 0.717) is 25.9 Å². The first-order valence-electron chi connectivity index (χ1n) is 7.34. The number of thiophene rings is 1. The van der Waals surface area contributed by atoms with Crippen LogP contribution in [0.3, 0.4) is 0 Å². The smallest absolute Gasteiger partial charge is 0.317 e. The summed E-state index contributed by atoms with van der Waals surface area (Å²) in [4.78, 5) is 26.6. The minimum absolute atomic E-state index is 0.000968. The lowest BCUT2D eigenvalue weighted by atomic mass is 9.84. The largest absolute Gasteiger partial charge is 0.481 e. The third-order valence-corrected chi connectivity index (χ3v) is 5.35. The van der Waals surface area contributed by atoms with Crippen LogP contribution in [0.5, 0.6) is 0 Å². The standard InChI is InChI=1S/C15H22N2O3S/c1-3-11(12-6-5-9-21-12)16-14(20)17-8-7-15(4-2,10-17)13(18)19/h5-6,9,11H,3-4,7-8,10H2,1-2H3,(H,16,20)(H,18,19). The summed E-state index contributed by atoms with van der Waals surface area (Å²) >= 11 is 1.62. The number of carbonyl (C=O) groups excluding carboxylic acids is 1. The number of likely N-dealkylation sites (tertiary alicyclic amines) is 1. The fourth-order valence-electron chi connectivity index (χ4n) is 2.76. The van der Waals surface area contributed by atoms with Crippen molar-refractivity contribution in [3.63, 3.8) is 0 Å². The van der Waals surface area contributed by atoms with Crippen LogP contribution >= 0.6 is 11.3 Å². The molecule has 2 N–H and O–H groups in total. The molecule has 2 unspecified atom stereocenters. The van der Waals surface area contributed by atoms with Gasteiger partial charge in [0.1, 0.15) is 0 Å². The maximum Gasteiger partial charge on any atom is 0.317 e. The van der Waals surface area contributed by atoms with Crippen molar-refractivity contribution in [2.24, 2.45) is 5.41 Å². The maximum atomic E-state index is 12.4. The molecule has 1 aliphatic rings. The van der Waals surface area contributed by atoms with Gasteiger partial charge in [-0.3, -0.25) is 4.79 Å². The van der Waals surface area contributed by atoms with E-state index in [1.54, 1.807) is 16.2 Å². The summed E-state index contributed by atoms with van der Waals surface area (Å²) in [5.74, 6) is -0.800. The van der Waals surface area contributed by atoms with Gasteiger partial charge in [-0.2, -0.15) is 0 Å². The second kappa shape index (κ2) is 6.47. The number of urea groups is 1. The van der Waals surface area contributed by atoms with Crippen LogP contribution in [0.2, 0.25) is 0 Å². The first-order chi connectivity index (χ1) is 10.0. The van der Waals surface area contributed by atoms with Gasteiger partial charge in [-0.25, -0.2) is 4.79 Å². The third kappa shape index (κ3) is 3.20. The van der Waals surface area contributed by atoms with Gasteiger partial charge in [0.2, 0.25) is 0 Å². The van der Waals surface area contributed by atoms with Crippen molar-refractivity contribution < 1.29 is 14.7 Å². The number of carboxylic acids is 1. The molecule has 21 heavy (non-hydrogen) atoms. The molecule has 0 spiro atoms. The molecule has 5 nitrogen and oxygen atoms in total. The lowest BCUT2D eigenvalue weighted by Crippen LogP contribution is -2.42. The molecule has 1 fully saturated rings. The zero-order valence-electron chi connectivity index (χ0n) is 12.5. The Hall–Kier alpha value is -1.56. The van der Waals surface area contributed by atoms with E-state index >= 15 is 0 Å². The molecule has 6 heteroatoms. The summed E-state index contributed by atoms with van der Waals surface area (Å²) in [6.07, 6.45) is 1.90. The number of rotatable bonds is 5. The normalized spacial score (nSPS) is 23.0. The molecular formula is C15H22N2O3S. The number of nitrogens with zero attached hydrogens (tertiary/aromatic N) is 1. The summed E-state index contributed by atoms with van der Waals surface area (Å²) < 4.78 is 0. The summed E-state index contributed by atoms with van der Waals surface area (Å²) in [6, 6.07) is 3.82. The summed E-state index contributed by atoms with van der Waals surface area (Å²) in [6.45, 7) is 4.71. The molecule has 2 rings (SSSR count). The van der Waals surface area contributed by atoms with Crippen LogP contribution in [-0.2, 0) is 4.79 Å². The molecule has 1 aromatic rings. The van der Waals surface area contributed by atoms with E-state index in [9.17, 15) is 14.7 Å². The number of amides is 2. The van der Waals surface area contributed by atoms with Gasteiger partial charge in [0, 0.05) is 18.0 Å². The average molecular weight is 310 g/mol. The van der Waals surface area contributed by atoms with Crippen molar-refractivity contribution in [3.8, 4) is 0 Å². The Kier molecular flexibility index (Phi) is 4.88. The van der Waals surface area contributed by atoms with E-state index in [0.717, 1.165) is 11.3 Å². The van der Waals surface area contributed by atoms with Crippen molar-refractivity contribution in [3.05, 3.63) is 22.4 Å². The SMILES string of the molecule is CCC(NC(=O)N1CCC(CC)(C(=O)O)C1)c1cccs1. The molecule has 0 aliphatic carbocycles. The maximum absolute atomic E-state index is 12.4. The van der Waals surface area contributed by atoms with E-state index in [1.807, 2.05) is 31.4 Å². The minimum Gasteiger partial charge on any atom is -0.481 e. The van der Waals surface area contributed by atoms with Crippen molar-refractivity contribution in [1.29, 1.82) is 0 Å². The van der Waals surface area contributed by atoms with Crippen LogP contribution in [0.4, 0.5) is 4.79 Å². The van der Waals surface area contributed by atoms with Gasteiger partial charge in [0.15, 0.2) is 0 Å². The third-order valence-electron chi connectivity index (χ3n) is 4.36. The Morgan fingerprint density at radius 1 is 1.52 bits per heavy atom. The van der Waals surface area contributed by atoms with E-state index in [4.69, 9.17) is 0 Å². The molecule has 2 atom stereocenters. The van der Waals surface area contributed by atoms with Gasteiger partial charge in [-0.05, 0) is 30.7 Å². The van der Waals surface area contributed by atoms with Gasteiger partial charge in [0.25, 0.3) is 0 Å². The van der Waals surface area contributed by atoms with Gasteiger partial charge in [0.05, 0.1) is 11.5 Å². The highest BCUT2D eigenvalue weighted by molar-refractivity contribution is 7.10. The Morgan fingerprint density at radius 3 is 2.76 bits per heavy atom. The van der Waals surface area contributed by atoms with Crippen molar-refractivity contribution in [2.45, 2.75) is 39.2 Å². The zero-order valence-corrected chi connectivity index (χ0v) is 13.3. The van der Waals surface area contributed by atoms with Crippen molar-refractivity contribution in [2.75, 3.05) is 13.1 Å². The minimum atomic E-state index is -0.800. The zero-order chi connectivity index (χ0) is 15.5. The van der Waals surface area contributed by atoms with Crippen molar-refractivity contribution in [1.82, 2.24) is 10.2 Å². The van der Waals surface area contributed by atoms with E-state index in [2.05, 4.69) is 5.32 Å². The molecule has 0 radical (unpaired) electrons. The lowest BCUT2D eigenvalue weighted by molar-refractivity contribution is -0.148. The second-order valence-corrected chi connectivity index (χ2v) is 6.52. The first kappa shape index (κ1) is 15.8. The fourth-order valence-corrected chi connectivity index (χ4v) is 3.63. The monoisotopic (exact) mass is 310 g/mol. The number of hydrogen-bond acceptors (Lipinski definition) is 3. The second-order valence-electron chi connectivity index (χ2n) is 5.54. The summed E-state index contributed by atoms with van der Waals surface area (Å²) in [5.41, 5.74) is -0.776. The number of aliphatic carboxylic acids is 1. The Balaban J connectivity index is 2.00. The van der Waals surface area contributed by atoms with E-state index in [1.165, 1.54) is 0 Å². The molecular weight excluding hydrogens is 288 g/mol. The number of hydrogen-bond donors (Lipinski definition) is 2. The highest BCUT2D eigenvalue weighted by atomic mass is 32.1. The first-order valence-corrected chi connectivity index (χ1v) is 8.22. The predicted molar refractivity (Wildman–Crippen MR) is 82.4 cm³/mol. The fraction of sp³-hybridized carbons (Fsp3) is 0.600. The van der Waals surface area contributed by atoms with E-state index < -0.39 is 11.4 Å². The molecule has 0 aromatic carbocycles. The van der Waals surface area contributed by atoms with Gasteiger partial charge < -0.3 is 15.3 Å². The number of carbonyl (C=O) groups is 2. The topological polar surface area (TPSA) is 69.6 Å². The average Bonchev–Trinajstić information content (AvgIpc) is 3.14. The molecule has 2 heterocycles. The predicted octanol–water partition coefficient (Wildman–Crippen LogP) is 3.10. The van der Waals surface area contributed by atoms with Crippen LogP contribution in [0.1, 0.15) is 44.0 Å². The quantitative estimate of drug-likeness (QED) is 0.878. The van der Waals surface area contributed by atoms with Gasteiger partial charge >= 0.3 is 12.0 Å². The van der Waals surface area contributed by atoms with Crippen LogP contribution in [-0.4, -0.2) is 35.1 Å². The highest BCUT2D eigenvalue weighted by Crippen LogP contribution is 2.34.